The maximum Gasteiger partial charge on any atom is 0.316 e. The lowest BCUT2D eigenvalue weighted by molar-refractivity contribution is 0.139. The minimum Gasteiger partial charge on any atom is -0.462 e. The number of likely N-dealkylation sites (N-methyl/N-ethyl adjacent to an activating group) is 1. The van der Waals surface area contributed by atoms with E-state index in [1.807, 2.05) is 49.5 Å². The zero-order chi connectivity index (χ0) is 32.7. The van der Waals surface area contributed by atoms with E-state index >= 15 is 0 Å². The van der Waals surface area contributed by atoms with Crippen molar-refractivity contribution in [1.82, 2.24) is 14.9 Å². The number of rotatable bonds is 9. The average Bonchev–Trinajstić information content (AvgIpc) is 3.46. The maximum absolute atomic E-state index is 14.7. The molecule has 0 amide bonds. The van der Waals surface area contributed by atoms with E-state index in [2.05, 4.69) is 19.8 Å². The smallest absolute Gasteiger partial charge is 0.316 e. The van der Waals surface area contributed by atoms with Gasteiger partial charge in [-0.25, -0.2) is 34.8 Å². The second kappa shape index (κ2) is 12.7. The topological polar surface area (TPSA) is 75.6 Å². The van der Waals surface area contributed by atoms with Crippen LogP contribution in [0.3, 0.4) is 0 Å². The molecule has 4 aromatic rings. The van der Waals surface area contributed by atoms with Gasteiger partial charge in [0.15, 0.2) is 33.1 Å². The number of ether oxygens (including phenoxy) is 1. The van der Waals surface area contributed by atoms with Crippen LogP contribution in [0, 0.1) is 23.3 Å². The predicted octanol–water partition coefficient (Wildman–Crippen LogP) is 6.18. The highest BCUT2D eigenvalue weighted by molar-refractivity contribution is 7.91. The Bertz CT molecular complexity index is 1900. The fourth-order valence-electron chi connectivity index (χ4n) is 6.27. The molecule has 2 aliphatic heterocycles. The van der Waals surface area contributed by atoms with E-state index in [1.165, 1.54) is 0 Å². The van der Waals surface area contributed by atoms with Crippen LogP contribution in [0.4, 0.5) is 32.0 Å². The van der Waals surface area contributed by atoms with Crippen LogP contribution in [-0.2, 0) is 29.2 Å². The Morgan fingerprint density at radius 2 is 1.70 bits per heavy atom. The van der Waals surface area contributed by atoms with Crippen LogP contribution in [0.5, 0.6) is 6.01 Å². The lowest BCUT2D eigenvalue weighted by Gasteiger charge is -2.32. The van der Waals surface area contributed by atoms with Crippen LogP contribution in [-0.4, -0.2) is 61.8 Å². The number of fused-ring (bicyclic) bond motifs is 2. The van der Waals surface area contributed by atoms with Crippen molar-refractivity contribution in [2.24, 2.45) is 0 Å². The summed E-state index contributed by atoms with van der Waals surface area (Å²) >= 11 is 0. The van der Waals surface area contributed by atoms with E-state index in [9.17, 15) is 34.8 Å². The summed E-state index contributed by atoms with van der Waals surface area (Å²) in [5, 5.41) is 2.08. The summed E-state index contributed by atoms with van der Waals surface area (Å²) in [6.07, 6.45) is -2.06. The van der Waals surface area contributed by atoms with E-state index < -0.39 is 62.2 Å². The molecule has 3 heterocycles. The fraction of sp³-hybridized carbons (Fsp3) is 0.375. The first-order valence-corrected chi connectivity index (χ1v) is 16.4. The van der Waals surface area contributed by atoms with E-state index in [0.29, 0.717) is 30.8 Å². The molecule has 0 saturated carbocycles. The largest absolute Gasteiger partial charge is 0.462 e. The molecule has 0 bridgehead atoms. The maximum atomic E-state index is 14.7. The quantitative estimate of drug-likeness (QED) is 0.0917. The molecule has 46 heavy (non-hydrogen) atoms. The van der Waals surface area contributed by atoms with Gasteiger partial charge < -0.3 is 14.5 Å². The van der Waals surface area contributed by atoms with Gasteiger partial charge in [-0.1, -0.05) is 36.4 Å². The van der Waals surface area contributed by atoms with Gasteiger partial charge in [0, 0.05) is 30.1 Å². The van der Waals surface area contributed by atoms with Gasteiger partial charge in [0.1, 0.15) is 11.5 Å². The Labute approximate surface area is 261 Å². The number of likely N-dealkylation sites (tertiary alicyclic amines) is 1. The van der Waals surface area contributed by atoms with Crippen LogP contribution in [0.1, 0.15) is 41.8 Å². The summed E-state index contributed by atoms with van der Waals surface area (Å²) in [4.78, 5) is 11.5. The van der Waals surface area contributed by atoms with Crippen molar-refractivity contribution in [1.29, 1.82) is 0 Å². The van der Waals surface area contributed by atoms with Crippen molar-refractivity contribution in [2.75, 3.05) is 37.4 Å². The molecule has 1 atom stereocenters. The van der Waals surface area contributed by atoms with Crippen molar-refractivity contribution < 1.29 is 39.5 Å². The highest BCUT2D eigenvalue weighted by Crippen LogP contribution is 2.36. The van der Waals surface area contributed by atoms with E-state index in [-0.39, 0.29) is 24.4 Å². The van der Waals surface area contributed by atoms with Crippen molar-refractivity contribution in [3.63, 3.8) is 0 Å². The van der Waals surface area contributed by atoms with Gasteiger partial charge in [-0.05, 0) is 49.9 Å². The number of hydrogen-bond donors (Lipinski definition) is 0. The SMILES string of the molecule is CN1CCC[C@@H]1COc1nc(CCS(=O)(=O)c2c(F)c(F)c(F)c(F)c2C(F)F)c2c(n1)CN(c1cccc3ccccc13)CC2. The Hall–Kier alpha value is -3.91. The van der Waals surface area contributed by atoms with Crippen LogP contribution in [0.2, 0.25) is 0 Å². The van der Waals surface area contributed by atoms with Gasteiger partial charge in [-0.3, -0.25) is 0 Å². The van der Waals surface area contributed by atoms with E-state index in [1.54, 1.807) is 0 Å². The summed E-state index contributed by atoms with van der Waals surface area (Å²) in [5.41, 5.74) is 0.328. The molecular weight excluding hydrogens is 634 g/mol. The first-order valence-electron chi connectivity index (χ1n) is 14.8. The molecule has 0 unspecified atom stereocenters. The number of aromatic nitrogens is 2. The molecule has 1 fully saturated rings. The lowest BCUT2D eigenvalue weighted by atomic mass is 10.00. The second-order valence-corrected chi connectivity index (χ2v) is 13.5. The minimum absolute atomic E-state index is 0.00969. The second-order valence-electron chi connectivity index (χ2n) is 11.5. The summed E-state index contributed by atoms with van der Waals surface area (Å²) in [6.45, 7) is 2.01. The molecule has 0 N–H and O–H groups in total. The molecule has 0 spiro atoms. The number of anilines is 1. The summed E-state index contributed by atoms with van der Waals surface area (Å²) < 4.78 is 116. The number of halogens is 6. The average molecular weight is 665 g/mol. The molecule has 1 saturated heterocycles. The summed E-state index contributed by atoms with van der Waals surface area (Å²) in [6, 6.07) is 14.0. The number of aryl methyl sites for hydroxylation is 1. The predicted molar refractivity (Wildman–Crippen MR) is 159 cm³/mol. The van der Waals surface area contributed by atoms with Crippen LogP contribution >= 0.6 is 0 Å². The summed E-state index contributed by atoms with van der Waals surface area (Å²) in [5.74, 6) is -10.9. The van der Waals surface area contributed by atoms with Gasteiger partial charge in [0.25, 0.3) is 6.43 Å². The molecule has 3 aromatic carbocycles. The number of sulfone groups is 1. The van der Waals surface area contributed by atoms with Gasteiger partial charge in [0.05, 0.1) is 29.2 Å². The zero-order valence-electron chi connectivity index (χ0n) is 24.7. The molecule has 244 valence electrons. The van der Waals surface area contributed by atoms with Crippen molar-refractivity contribution in [3.05, 3.63) is 88.2 Å². The molecule has 14 heteroatoms. The van der Waals surface area contributed by atoms with Gasteiger partial charge in [-0.2, -0.15) is 9.97 Å². The van der Waals surface area contributed by atoms with E-state index in [4.69, 9.17) is 4.74 Å². The van der Waals surface area contributed by atoms with Gasteiger partial charge >= 0.3 is 6.01 Å². The Balaban J connectivity index is 1.34. The first kappa shape index (κ1) is 32.0. The number of nitrogens with zero attached hydrogens (tertiary/aromatic N) is 4. The molecule has 0 radical (unpaired) electrons. The van der Waals surface area contributed by atoms with Gasteiger partial charge in [0.2, 0.25) is 0 Å². The van der Waals surface area contributed by atoms with Crippen LogP contribution in [0.25, 0.3) is 10.8 Å². The fourth-order valence-corrected chi connectivity index (χ4v) is 7.81. The monoisotopic (exact) mass is 664 g/mol. The number of hydrogen-bond acceptors (Lipinski definition) is 7. The molecule has 7 nitrogen and oxygen atoms in total. The zero-order valence-corrected chi connectivity index (χ0v) is 25.6. The van der Waals surface area contributed by atoms with Crippen molar-refractivity contribution in [3.8, 4) is 6.01 Å². The Kier molecular flexibility index (Phi) is 8.85. The highest BCUT2D eigenvalue weighted by Gasteiger charge is 2.37. The number of benzene rings is 3. The van der Waals surface area contributed by atoms with Crippen molar-refractivity contribution in [2.45, 2.75) is 49.6 Å². The molecular formula is C32H30F6N4O3S. The third kappa shape index (κ3) is 5.99. The van der Waals surface area contributed by atoms with Crippen LogP contribution < -0.4 is 9.64 Å². The summed E-state index contributed by atoms with van der Waals surface area (Å²) in [7, 11) is -3.12. The van der Waals surface area contributed by atoms with E-state index in [0.717, 1.165) is 35.8 Å². The van der Waals surface area contributed by atoms with Gasteiger partial charge in [-0.15, -0.1) is 0 Å². The molecule has 6 rings (SSSR count). The first-order chi connectivity index (χ1) is 22.0. The standard InChI is InChI=1S/C32H30F6N4O3S/c1-41-13-5-8-19(41)17-45-32-39-22(12-15-46(43,44)30-25(31(37)38)26(33)27(34)28(35)29(30)36)21-11-14-42(16-23(21)40-32)24-10-4-7-18-6-2-3-9-20(18)24/h2-4,6-7,9-10,19,31H,5,8,11-17H2,1H3/t19-/m1/s1. The third-order valence-electron chi connectivity index (χ3n) is 8.71. The molecule has 1 aromatic heterocycles. The Morgan fingerprint density at radius 3 is 2.43 bits per heavy atom. The lowest BCUT2D eigenvalue weighted by Crippen LogP contribution is -2.33. The third-order valence-corrected chi connectivity index (χ3v) is 10.5. The molecule has 0 aliphatic carbocycles. The van der Waals surface area contributed by atoms with Crippen LogP contribution in [0.15, 0.2) is 47.4 Å². The Morgan fingerprint density at radius 1 is 0.957 bits per heavy atom. The highest BCUT2D eigenvalue weighted by atomic mass is 32.2. The normalized spacial score (nSPS) is 17.2. The minimum atomic E-state index is -5.10. The van der Waals surface area contributed by atoms with Crippen molar-refractivity contribution >= 4 is 26.3 Å². The number of alkyl halides is 2. The molecule has 2 aliphatic rings.